The van der Waals surface area contributed by atoms with Gasteiger partial charge in [0.15, 0.2) is 0 Å². The van der Waals surface area contributed by atoms with E-state index in [9.17, 15) is 26.4 Å². The van der Waals surface area contributed by atoms with E-state index in [1.807, 2.05) is 25.5 Å². The Balaban J connectivity index is 1.41. The molecule has 1 aliphatic rings. The molecule has 2 atom stereocenters. The molecule has 3 heterocycles. The molecular formula is C34H38F4N6O5S. The Morgan fingerprint density at radius 1 is 1.06 bits per heavy atom. The number of hydrogen-bond donors (Lipinski definition) is 2. The van der Waals surface area contributed by atoms with E-state index in [4.69, 9.17) is 9.47 Å². The molecule has 0 bridgehead atoms. The van der Waals surface area contributed by atoms with Gasteiger partial charge in [0.2, 0.25) is 21.9 Å². The molecule has 0 saturated carbocycles. The molecule has 0 spiro atoms. The Morgan fingerprint density at radius 3 is 2.52 bits per heavy atom. The number of aryl methyl sites for hydroxylation is 1. The number of benzene rings is 2. The number of rotatable bonds is 9. The minimum Gasteiger partial charge on any atom is -0.444 e. The Labute approximate surface area is 287 Å². The van der Waals surface area contributed by atoms with Gasteiger partial charge >= 0.3 is 12.3 Å². The predicted molar refractivity (Wildman–Crippen MR) is 181 cm³/mol. The summed E-state index contributed by atoms with van der Waals surface area (Å²) >= 11 is 0. The Morgan fingerprint density at radius 2 is 1.80 bits per heavy atom. The van der Waals surface area contributed by atoms with Crippen molar-refractivity contribution < 1.29 is 40.2 Å². The Kier molecular flexibility index (Phi) is 10.4. The van der Waals surface area contributed by atoms with E-state index in [1.54, 1.807) is 42.3 Å². The number of pyridine rings is 1. The highest BCUT2D eigenvalue weighted by atomic mass is 32.2. The summed E-state index contributed by atoms with van der Waals surface area (Å²) in [5, 5.41) is 3.67. The van der Waals surface area contributed by atoms with Crippen molar-refractivity contribution >= 4 is 38.5 Å². The van der Waals surface area contributed by atoms with Crippen LogP contribution in [0, 0.1) is 18.7 Å². The van der Waals surface area contributed by atoms with Gasteiger partial charge in [0.25, 0.3) is 0 Å². The molecule has 1 saturated heterocycles. The lowest BCUT2D eigenvalue weighted by molar-refractivity contribution is -0.163. The molecule has 0 unspecified atom stereocenters. The third kappa shape index (κ3) is 8.89. The molecule has 11 nitrogen and oxygen atoms in total. The lowest BCUT2D eigenvalue weighted by atomic mass is 10.0. The zero-order chi connectivity index (χ0) is 36.4. The van der Waals surface area contributed by atoms with Gasteiger partial charge in [0, 0.05) is 42.3 Å². The van der Waals surface area contributed by atoms with Gasteiger partial charge in [-0.2, -0.15) is 13.2 Å². The summed E-state index contributed by atoms with van der Waals surface area (Å²) in [5.74, 6) is -3.74. The SMILES string of the molecule is Cc1ccc2c(NS(=O)(=O)C[C@@H](C)C(F)(F)F)c(F)ccc2c1Oc1ncccc1-c1ccnc(N[C@H]2CCCN(C(=O)OC(C)(C)C)C2)n1. The van der Waals surface area contributed by atoms with Gasteiger partial charge in [-0.3, -0.25) is 4.72 Å². The topological polar surface area (TPSA) is 136 Å². The largest absolute Gasteiger partial charge is 0.444 e. The first-order valence-corrected chi connectivity index (χ1v) is 17.5. The van der Waals surface area contributed by atoms with Crippen LogP contribution in [0.5, 0.6) is 11.6 Å². The van der Waals surface area contributed by atoms with Crippen LogP contribution in [0.3, 0.4) is 0 Å². The number of halogens is 4. The maximum absolute atomic E-state index is 15.0. The number of likely N-dealkylation sites (tertiary alicyclic amines) is 1. The number of carbonyl (C=O) groups is 1. The zero-order valence-electron chi connectivity index (χ0n) is 28.1. The maximum atomic E-state index is 15.0. The van der Waals surface area contributed by atoms with Crippen molar-refractivity contribution in [3.63, 3.8) is 0 Å². The van der Waals surface area contributed by atoms with Gasteiger partial charge < -0.3 is 19.7 Å². The van der Waals surface area contributed by atoms with Gasteiger partial charge in [0.1, 0.15) is 17.2 Å². The van der Waals surface area contributed by atoms with Crippen LogP contribution in [0.1, 0.15) is 46.1 Å². The molecule has 16 heteroatoms. The predicted octanol–water partition coefficient (Wildman–Crippen LogP) is 7.68. The first kappa shape index (κ1) is 36.5. The van der Waals surface area contributed by atoms with E-state index in [1.165, 1.54) is 18.3 Å². The van der Waals surface area contributed by atoms with Gasteiger partial charge in [-0.05, 0) is 76.4 Å². The molecule has 1 aliphatic heterocycles. The minimum atomic E-state index is -4.75. The third-order valence-electron chi connectivity index (χ3n) is 7.89. The fourth-order valence-corrected chi connectivity index (χ4v) is 6.88. The Hall–Kier alpha value is -4.73. The van der Waals surface area contributed by atoms with Crippen LogP contribution in [0.4, 0.5) is 34.0 Å². The number of anilines is 2. The van der Waals surface area contributed by atoms with Crippen LogP contribution in [0.25, 0.3) is 22.0 Å². The monoisotopic (exact) mass is 718 g/mol. The zero-order valence-corrected chi connectivity index (χ0v) is 29.0. The Bertz CT molecular complexity index is 1990. The number of nitrogens with one attached hydrogen (secondary N) is 2. The van der Waals surface area contributed by atoms with Crippen molar-refractivity contribution in [3.05, 3.63) is 66.2 Å². The number of alkyl halides is 3. The molecule has 2 N–H and O–H groups in total. The van der Waals surface area contributed by atoms with Gasteiger partial charge in [-0.25, -0.2) is 32.6 Å². The summed E-state index contributed by atoms with van der Waals surface area (Å²) in [6, 6.07) is 10.4. The van der Waals surface area contributed by atoms with Crippen LogP contribution in [0.15, 0.2) is 54.9 Å². The second kappa shape index (κ2) is 14.2. The molecule has 2 aromatic carbocycles. The molecule has 1 amide bonds. The molecule has 1 fully saturated rings. The van der Waals surface area contributed by atoms with Crippen molar-refractivity contribution in [1.29, 1.82) is 0 Å². The van der Waals surface area contributed by atoms with Gasteiger partial charge in [-0.15, -0.1) is 0 Å². The van der Waals surface area contributed by atoms with Gasteiger partial charge in [-0.1, -0.05) is 19.1 Å². The number of amides is 1. The summed E-state index contributed by atoms with van der Waals surface area (Å²) in [7, 11) is -4.59. The first-order chi connectivity index (χ1) is 23.4. The molecule has 0 aliphatic carbocycles. The van der Waals surface area contributed by atoms with Crippen molar-refractivity contribution in [3.8, 4) is 22.9 Å². The average Bonchev–Trinajstić information content (AvgIpc) is 3.02. The fraction of sp³-hybridized carbons (Fsp3) is 0.412. The molecular weight excluding hydrogens is 680 g/mol. The number of piperidine rings is 1. The molecule has 5 rings (SSSR count). The smallest absolute Gasteiger partial charge is 0.410 e. The van der Waals surface area contributed by atoms with E-state index in [2.05, 4.69) is 20.3 Å². The number of sulfonamides is 1. The van der Waals surface area contributed by atoms with E-state index in [-0.39, 0.29) is 29.2 Å². The molecule has 2 aromatic heterocycles. The number of carbonyl (C=O) groups excluding carboxylic acids is 1. The van der Waals surface area contributed by atoms with E-state index < -0.39 is 45.0 Å². The van der Waals surface area contributed by atoms with Crippen LogP contribution < -0.4 is 14.8 Å². The lowest BCUT2D eigenvalue weighted by Crippen LogP contribution is -2.47. The number of ether oxygens (including phenoxy) is 2. The second-order valence-electron chi connectivity index (χ2n) is 13.2. The van der Waals surface area contributed by atoms with Crippen LogP contribution >= 0.6 is 0 Å². The van der Waals surface area contributed by atoms with Crippen molar-refractivity contribution in [2.45, 2.75) is 65.3 Å². The standard InChI is InChI=1S/C34H38F4N6O5S/c1-20-10-11-23-24(12-13-26(35)28(23)43-50(46,47)19-21(2)34(36,37)38)29(20)48-30-25(9-6-15-39-30)27-14-16-40-31(42-27)41-22-8-7-17-44(18-22)32(45)49-33(3,4)5/h6,9-16,21-22,43H,7-8,17-19H2,1-5H3,(H,40,41,42)/t21-,22+/m1/s1. The number of nitrogens with zero attached hydrogens (tertiary/aromatic N) is 4. The van der Waals surface area contributed by atoms with E-state index in [0.29, 0.717) is 41.2 Å². The number of aromatic nitrogens is 3. The van der Waals surface area contributed by atoms with Crippen LogP contribution in [-0.4, -0.2) is 71.0 Å². The summed E-state index contributed by atoms with van der Waals surface area (Å²) in [4.78, 5) is 27.7. The highest BCUT2D eigenvalue weighted by molar-refractivity contribution is 7.92. The van der Waals surface area contributed by atoms with Crippen LogP contribution in [-0.2, 0) is 14.8 Å². The quantitative estimate of drug-likeness (QED) is 0.167. The van der Waals surface area contributed by atoms with Crippen LogP contribution in [0.2, 0.25) is 0 Å². The number of hydrogen-bond acceptors (Lipinski definition) is 9. The summed E-state index contributed by atoms with van der Waals surface area (Å²) in [6.07, 6.45) is -0.504. The highest BCUT2D eigenvalue weighted by Crippen LogP contribution is 2.40. The minimum absolute atomic E-state index is 0.0766. The maximum Gasteiger partial charge on any atom is 0.410 e. The fourth-order valence-electron chi connectivity index (χ4n) is 5.43. The van der Waals surface area contributed by atoms with Crippen molar-refractivity contribution in [1.82, 2.24) is 19.9 Å². The highest BCUT2D eigenvalue weighted by Gasteiger charge is 2.39. The lowest BCUT2D eigenvalue weighted by Gasteiger charge is -2.34. The summed E-state index contributed by atoms with van der Waals surface area (Å²) in [6.45, 7) is 8.90. The van der Waals surface area contributed by atoms with E-state index in [0.717, 1.165) is 25.8 Å². The molecule has 268 valence electrons. The van der Waals surface area contributed by atoms with Gasteiger partial charge in [0.05, 0.1) is 28.6 Å². The second-order valence-corrected chi connectivity index (χ2v) is 15.0. The van der Waals surface area contributed by atoms with Crippen molar-refractivity contribution in [2.75, 3.05) is 28.9 Å². The summed E-state index contributed by atoms with van der Waals surface area (Å²) in [5.41, 5.74) is 0.427. The number of fused-ring (bicyclic) bond motifs is 1. The molecule has 0 radical (unpaired) electrons. The normalized spacial score (nSPS) is 16.2. The third-order valence-corrected chi connectivity index (χ3v) is 9.34. The first-order valence-electron chi connectivity index (χ1n) is 15.9. The van der Waals surface area contributed by atoms with Crippen molar-refractivity contribution in [2.24, 2.45) is 5.92 Å². The molecule has 50 heavy (non-hydrogen) atoms. The average molecular weight is 719 g/mol. The molecule has 4 aromatic rings. The summed E-state index contributed by atoms with van der Waals surface area (Å²) < 4.78 is 93.6. The van der Waals surface area contributed by atoms with E-state index >= 15 is 4.39 Å².